The number of rotatable bonds is 6. The fourth-order valence-electron chi connectivity index (χ4n) is 5.63. The first kappa shape index (κ1) is 24.2. The van der Waals surface area contributed by atoms with E-state index in [0.717, 1.165) is 16.8 Å². The first-order valence-corrected chi connectivity index (χ1v) is 12.9. The van der Waals surface area contributed by atoms with Crippen molar-refractivity contribution in [1.29, 1.82) is 0 Å². The van der Waals surface area contributed by atoms with Crippen LogP contribution in [0.1, 0.15) is 64.5 Å². The molecule has 2 heterocycles. The van der Waals surface area contributed by atoms with E-state index in [1.165, 1.54) is 11.1 Å². The number of aryl methyl sites for hydroxylation is 1. The molecule has 1 saturated carbocycles. The lowest BCUT2D eigenvalue weighted by atomic mass is 9.89. The Kier molecular flexibility index (Phi) is 5.91. The molecule has 1 fully saturated rings. The maximum atomic E-state index is 14.0. The molecule has 8 heteroatoms. The number of anilines is 2. The van der Waals surface area contributed by atoms with Crippen molar-refractivity contribution in [3.8, 4) is 0 Å². The highest BCUT2D eigenvalue weighted by Crippen LogP contribution is 2.37. The number of aliphatic hydroxyl groups is 1. The van der Waals surface area contributed by atoms with Crippen molar-refractivity contribution in [1.82, 2.24) is 9.55 Å². The predicted octanol–water partition coefficient (Wildman–Crippen LogP) is 4.79. The van der Waals surface area contributed by atoms with E-state index in [-0.39, 0.29) is 23.2 Å². The Bertz CT molecular complexity index is 1580. The lowest BCUT2D eigenvalue weighted by molar-refractivity contribution is 0.0474. The molecule has 1 atom stereocenters. The minimum absolute atomic E-state index is 0.0826. The second-order valence-corrected chi connectivity index (χ2v) is 10.5. The summed E-state index contributed by atoms with van der Waals surface area (Å²) in [6.45, 7) is 5.34. The third-order valence-corrected chi connectivity index (χ3v) is 7.72. The lowest BCUT2D eigenvalue weighted by Gasteiger charge is -2.36. The molecule has 3 aromatic carbocycles. The van der Waals surface area contributed by atoms with Crippen LogP contribution in [0.5, 0.6) is 0 Å². The predicted molar refractivity (Wildman–Crippen MR) is 147 cm³/mol. The van der Waals surface area contributed by atoms with Crippen LogP contribution in [0.25, 0.3) is 10.9 Å². The van der Waals surface area contributed by atoms with E-state index in [9.17, 15) is 19.8 Å². The summed E-state index contributed by atoms with van der Waals surface area (Å²) < 4.78 is 1.80. The highest BCUT2D eigenvalue weighted by Gasteiger charge is 2.34. The van der Waals surface area contributed by atoms with E-state index in [0.29, 0.717) is 42.8 Å². The molecule has 1 aliphatic heterocycles. The summed E-state index contributed by atoms with van der Waals surface area (Å²) in [5.41, 5.74) is 5.90. The molecule has 2 aliphatic rings. The Morgan fingerprint density at radius 2 is 1.71 bits per heavy atom. The van der Waals surface area contributed by atoms with Gasteiger partial charge >= 0.3 is 5.97 Å². The summed E-state index contributed by atoms with van der Waals surface area (Å²) in [6, 6.07) is 18.6. The van der Waals surface area contributed by atoms with E-state index < -0.39 is 12.1 Å². The summed E-state index contributed by atoms with van der Waals surface area (Å²) >= 11 is 0. The number of carbonyl (C=O) groups is 1. The van der Waals surface area contributed by atoms with Gasteiger partial charge in [-0.05, 0) is 73.7 Å². The number of carboxylic acids is 1. The molecule has 1 aliphatic carbocycles. The molecule has 0 saturated heterocycles. The van der Waals surface area contributed by atoms with Gasteiger partial charge in [0.15, 0.2) is 0 Å². The van der Waals surface area contributed by atoms with E-state index in [4.69, 9.17) is 4.98 Å². The molecule has 0 radical (unpaired) electrons. The fraction of sp³-hybridized carbons (Fsp3) is 0.300. The Hall–Kier alpha value is -4.17. The van der Waals surface area contributed by atoms with Gasteiger partial charge in [-0.3, -0.25) is 9.36 Å². The van der Waals surface area contributed by atoms with Gasteiger partial charge in [-0.25, -0.2) is 9.78 Å². The van der Waals surface area contributed by atoms with Gasteiger partial charge in [-0.1, -0.05) is 30.3 Å². The first-order valence-electron chi connectivity index (χ1n) is 12.9. The number of fused-ring (bicyclic) bond motifs is 2. The van der Waals surface area contributed by atoms with Crippen LogP contribution in [0.4, 0.5) is 11.6 Å². The average molecular weight is 511 g/mol. The van der Waals surface area contributed by atoms with Crippen molar-refractivity contribution in [2.24, 2.45) is 0 Å². The molecular formula is C30H30N4O4. The van der Waals surface area contributed by atoms with Crippen LogP contribution in [0, 0.1) is 6.92 Å². The van der Waals surface area contributed by atoms with Gasteiger partial charge in [0.2, 0.25) is 5.95 Å². The number of carboxylic acid groups (broad SMARTS) is 1. The van der Waals surface area contributed by atoms with Crippen molar-refractivity contribution < 1.29 is 15.0 Å². The van der Waals surface area contributed by atoms with Gasteiger partial charge < -0.3 is 20.4 Å². The normalized spacial score (nSPS) is 19.2. The maximum Gasteiger partial charge on any atom is 0.335 e. The Labute approximate surface area is 220 Å². The summed E-state index contributed by atoms with van der Waals surface area (Å²) in [6.07, 6.45) is 0.698. The molecule has 38 heavy (non-hydrogen) atoms. The Balaban J connectivity index is 1.45. The van der Waals surface area contributed by atoms with E-state index in [1.807, 2.05) is 32.0 Å². The molecule has 8 nitrogen and oxygen atoms in total. The van der Waals surface area contributed by atoms with E-state index in [2.05, 4.69) is 28.4 Å². The SMILES string of the molecule is Cc1cc(C(C)Nc2ccc(C(=O)O)cc2)c2nc(N3Cc4ccccc4C3)n(C3CC(O)C3)c(=O)c2c1. The Morgan fingerprint density at radius 3 is 2.32 bits per heavy atom. The number of nitrogens with one attached hydrogen (secondary N) is 1. The summed E-state index contributed by atoms with van der Waals surface area (Å²) in [5.74, 6) is -0.330. The maximum absolute atomic E-state index is 14.0. The minimum Gasteiger partial charge on any atom is -0.478 e. The van der Waals surface area contributed by atoms with Crippen LogP contribution in [0.3, 0.4) is 0 Å². The fourth-order valence-corrected chi connectivity index (χ4v) is 5.63. The van der Waals surface area contributed by atoms with Crippen molar-refractivity contribution in [3.63, 3.8) is 0 Å². The van der Waals surface area contributed by atoms with Crippen molar-refractivity contribution in [3.05, 3.63) is 98.8 Å². The first-order chi connectivity index (χ1) is 18.3. The molecular weight excluding hydrogens is 480 g/mol. The quantitative estimate of drug-likeness (QED) is 0.342. The highest BCUT2D eigenvalue weighted by atomic mass is 16.4. The summed E-state index contributed by atoms with van der Waals surface area (Å²) in [7, 11) is 0. The zero-order valence-electron chi connectivity index (χ0n) is 21.4. The Morgan fingerprint density at radius 1 is 1.05 bits per heavy atom. The number of hydrogen-bond acceptors (Lipinski definition) is 6. The van der Waals surface area contributed by atoms with Gasteiger partial charge in [0.25, 0.3) is 5.56 Å². The highest BCUT2D eigenvalue weighted by molar-refractivity contribution is 5.88. The number of benzene rings is 3. The zero-order chi connectivity index (χ0) is 26.6. The number of aliphatic hydroxyl groups excluding tert-OH is 1. The van der Waals surface area contributed by atoms with Crippen molar-refractivity contribution in [2.45, 2.75) is 58.0 Å². The topological polar surface area (TPSA) is 108 Å². The van der Waals surface area contributed by atoms with Gasteiger partial charge in [-0.2, -0.15) is 0 Å². The van der Waals surface area contributed by atoms with Crippen molar-refractivity contribution in [2.75, 3.05) is 10.2 Å². The largest absolute Gasteiger partial charge is 0.478 e. The molecule has 3 N–H and O–H groups in total. The standard InChI is InChI=1S/C30H30N4O4/c1-17-11-25(18(2)31-22-9-7-19(8-10-22)29(37)38)27-26(12-17)28(36)34(23-13-24(35)14-23)30(32-27)33-15-20-5-3-4-6-21(20)16-33/h3-12,18,23-24,31,35H,13-16H2,1-2H3,(H,37,38). The second-order valence-electron chi connectivity index (χ2n) is 10.5. The van der Waals surface area contributed by atoms with Crippen LogP contribution in [0.2, 0.25) is 0 Å². The van der Waals surface area contributed by atoms with Gasteiger partial charge in [-0.15, -0.1) is 0 Å². The average Bonchev–Trinajstić information content (AvgIpc) is 3.31. The van der Waals surface area contributed by atoms with E-state index in [1.54, 1.807) is 28.8 Å². The summed E-state index contributed by atoms with van der Waals surface area (Å²) in [5, 5.41) is 23.3. The lowest BCUT2D eigenvalue weighted by Crippen LogP contribution is -2.40. The van der Waals surface area contributed by atoms with Gasteiger partial charge in [0, 0.05) is 30.4 Å². The molecule has 4 aromatic rings. The van der Waals surface area contributed by atoms with Crippen LogP contribution < -0.4 is 15.8 Å². The molecule has 194 valence electrons. The van der Waals surface area contributed by atoms with Crippen LogP contribution in [0.15, 0.2) is 65.5 Å². The number of hydrogen-bond donors (Lipinski definition) is 3. The van der Waals surface area contributed by atoms with Crippen molar-refractivity contribution >= 4 is 28.5 Å². The molecule has 0 spiro atoms. The number of nitrogens with zero attached hydrogens (tertiary/aromatic N) is 3. The molecule has 1 unspecified atom stereocenters. The van der Waals surface area contributed by atoms with E-state index >= 15 is 0 Å². The van der Waals surface area contributed by atoms with Crippen LogP contribution in [-0.2, 0) is 13.1 Å². The molecule has 0 amide bonds. The second kappa shape index (κ2) is 9.29. The third kappa shape index (κ3) is 4.20. The van der Waals surface area contributed by atoms with Gasteiger partial charge in [0.05, 0.1) is 28.6 Å². The molecule has 1 aromatic heterocycles. The minimum atomic E-state index is -0.967. The van der Waals surface area contributed by atoms with Gasteiger partial charge in [0.1, 0.15) is 0 Å². The van der Waals surface area contributed by atoms with Crippen LogP contribution >= 0.6 is 0 Å². The van der Waals surface area contributed by atoms with Crippen LogP contribution in [-0.4, -0.2) is 31.8 Å². The number of aromatic carboxylic acids is 1. The monoisotopic (exact) mass is 510 g/mol. The molecule has 0 bridgehead atoms. The number of aromatic nitrogens is 2. The summed E-state index contributed by atoms with van der Waals surface area (Å²) in [4.78, 5) is 32.6. The zero-order valence-corrected chi connectivity index (χ0v) is 21.4. The smallest absolute Gasteiger partial charge is 0.335 e. The third-order valence-electron chi connectivity index (χ3n) is 7.72. The molecule has 6 rings (SSSR count).